The minimum atomic E-state index is -4.63. The number of ether oxygens (including phenoxy) is 2. The maximum atomic E-state index is 12.8. The Kier molecular flexibility index (Phi) is 47.5. The summed E-state index contributed by atoms with van der Waals surface area (Å²) in [5.74, 6) is -0.823. The fraction of sp³-hybridized carbons (Fsp3) is 0.825. The van der Waals surface area contributed by atoms with Crippen LogP contribution in [0.25, 0.3) is 0 Å². The van der Waals surface area contributed by atoms with Gasteiger partial charge in [0.25, 0.3) is 7.82 Å². The first-order valence-corrected chi connectivity index (χ1v) is 29.3. The summed E-state index contributed by atoms with van der Waals surface area (Å²) in [5.41, 5.74) is 0. The maximum absolute atomic E-state index is 12.8. The van der Waals surface area contributed by atoms with Crippen LogP contribution in [0.1, 0.15) is 251 Å². The number of phosphoric ester groups is 1. The molecule has 0 rings (SSSR count). The predicted molar refractivity (Wildman–Crippen MR) is 282 cm³/mol. The first kappa shape index (κ1) is 65.0. The normalized spacial score (nSPS) is 13.7. The van der Waals surface area contributed by atoms with Crippen LogP contribution in [-0.2, 0) is 32.7 Å². The molecule has 2 unspecified atom stereocenters. The molecule has 0 amide bonds. The summed E-state index contributed by atoms with van der Waals surface area (Å²) in [7, 11) is 1.17. The van der Waals surface area contributed by atoms with Gasteiger partial charge in [-0.25, -0.2) is 0 Å². The zero-order valence-corrected chi connectivity index (χ0v) is 45.2. The Morgan fingerprint density at radius 2 is 0.851 bits per heavy atom. The Bertz CT molecular complexity index is 1270. The van der Waals surface area contributed by atoms with Crippen molar-refractivity contribution in [2.45, 2.75) is 258 Å². The second kappa shape index (κ2) is 49.0. The summed E-state index contributed by atoms with van der Waals surface area (Å²) < 4.78 is 34.1. The third-order valence-corrected chi connectivity index (χ3v) is 13.1. The number of nitrogens with zero attached hydrogens (tertiary/aromatic N) is 1. The van der Waals surface area contributed by atoms with E-state index in [2.05, 4.69) is 62.5 Å². The van der Waals surface area contributed by atoms with Crippen molar-refractivity contribution in [1.29, 1.82) is 0 Å². The van der Waals surface area contributed by atoms with Gasteiger partial charge in [0, 0.05) is 12.8 Å². The van der Waals surface area contributed by atoms with Crippen LogP contribution in [0.4, 0.5) is 0 Å². The van der Waals surface area contributed by atoms with Crippen molar-refractivity contribution < 1.29 is 42.1 Å². The average molecular weight is 964 g/mol. The van der Waals surface area contributed by atoms with Crippen LogP contribution in [-0.4, -0.2) is 70.0 Å². The first-order valence-electron chi connectivity index (χ1n) is 27.8. The highest BCUT2D eigenvalue weighted by molar-refractivity contribution is 7.45. The van der Waals surface area contributed by atoms with Gasteiger partial charge >= 0.3 is 11.9 Å². The minimum Gasteiger partial charge on any atom is -0.756 e. The van der Waals surface area contributed by atoms with Crippen LogP contribution in [0.3, 0.4) is 0 Å². The molecule has 2 atom stereocenters. The van der Waals surface area contributed by atoms with Crippen molar-refractivity contribution in [1.82, 2.24) is 0 Å². The third kappa shape index (κ3) is 53.2. The van der Waals surface area contributed by atoms with Crippen molar-refractivity contribution in [2.24, 2.45) is 0 Å². The molecule has 9 nitrogen and oxygen atoms in total. The van der Waals surface area contributed by atoms with Gasteiger partial charge in [0.2, 0.25) is 0 Å². The number of hydrogen-bond donors (Lipinski definition) is 0. The molecule has 0 fully saturated rings. The van der Waals surface area contributed by atoms with Crippen molar-refractivity contribution >= 4 is 19.8 Å². The van der Waals surface area contributed by atoms with E-state index in [1.165, 1.54) is 154 Å². The molecule has 10 heteroatoms. The van der Waals surface area contributed by atoms with Crippen LogP contribution in [0, 0.1) is 0 Å². The summed E-state index contributed by atoms with van der Waals surface area (Å²) in [6.07, 6.45) is 60.0. The molecule has 0 aromatic heterocycles. The number of carbonyl (C=O) groups excluding carboxylic acids is 2. The van der Waals surface area contributed by atoms with Crippen LogP contribution in [0.15, 0.2) is 48.6 Å². The molecule has 0 N–H and O–H groups in total. The lowest BCUT2D eigenvalue weighted by molar-refractivity contribution is -0.870. The van der Waals surface area contributed by atoms with E-state index in [1.54, 1.807) is 0 Å². The minimum absolute atomic E-state index is 0.0298. The molecule has 0 saturated carbocycles. The molecule has 0 aliphatic carbocycles. The van der Waals surface area contributed by atoms with Gasteiger partial charge < -0.3 is 27.9 Å². The predicted octanol–water partition coefficient (Wildman–Crippen LogP) is 16.3. The Hall–Kier alpha value is -2.03. The molecule has 0 saturated heterocycles. The highest BCUT2D eigenvalue weighted by atomic mass is 31.2. The lowest BCUT2D eigenvalue weighted by Crippen LogP contribution is -2.37. The molecule has 392 valence electrons. The van der Waals surface area contributed by atoms with Gasteiger partial charge in [-0.05, 0) is 51.4 Å². The third-order valence-electron chi connectivity index (χ3n) is 12.1. The monoisotopic (exact) mass is 964 g/mol. The van der Waals surface area contributed by atoms with E-state index in [0.29, 0.717) is 17.4 Å². The Morgan fingerprint density at radius 1 is 0.478 bits per heavy atom. The van der Waals surface area contributed by atoms with Gasteiger partial charge in [-0.15, -0.1) is 0 Å². The van der Waals surface area contributed by atoms with Gasteiger partial charge in [-0.3, -0.25) is 14.2 Å². The van der Waals surface area contributed by atoms with E-state index in [9.17, 15) is 19.0 Å². The zero-order valence-electron chi connectivity index (χ0n) is 44.3. The molecule has 0 bridgehead atoms. The van der Waals surface area contributed by atoms with Crippen LogP contribution < -0.4 is 4.89 Å². The number of hydrogen-bond acceptors (Lipinski definition) is 8. The lowest BCUT2D eigenvalue weighted by atomic mass is 10.0. The average Bonchev–Trinajstić information content (AvgIpc) is 3.29. The SMILES string of the molecule is CC/C=C\C/C=C\C/C=C\C/C=C\CCCCCCCCCCCCCCCCC(=O)OC(COC(=O)CCCCCCCCCCCCCCCCCC)COP(=O)([O-])OCC[N+](C)(C)C. The molecule has 0 heterocycles. The second-order valence-electron chi connectivity index (χ2n) is 19.9. The number of likely N-dealkylation sites (N-methyl/N-ethyl adjacent to an activating group) is 1. The van der Waals surface area contributed by atoms with Crippen molar-refractivity contribution in [3.63, 3.8) is 0 Å². The molecule has 0 aliphatic heterocycles. The Labute approximate surface area is 414 Å². The summed E-state index contributed by atoms with van der Waals surface area (Å²) >= 11 is 0. The van der Waals surface area contributed by atoms with E-state index >= 15 is 0 Å². The summed E-state index contributed by atoms with van der Waals surface area (Å²) in [4.78, 5) is 37.8. The molecular formula is C57H106NO8P. The van der Waals surface area contributed by atoms with Gasteiger partial charge in [0.15, 0.2) is 6.10 Å². The fourth-order valence-corrected chi connectivity index (χ4v) is 8.55. The highest BCUT2D eigenvalue weighted by Gasteiger charge is 2.21. The maximum Gasteiger partial charge on any atom is 0.306 e. The number of carbonyl (C=O) groups is 2. The van der Waals surface area contributed by atoms with Gasteiger partial charge in [0.1, 0.15) is 19.8 Å². The molecule has 0 aliphatic rings. The van der Waals surface area contributed by atoms with E-state index < -0.39 is 26.5 Å². The summed E-state index contributed by atoms with van der Waals surface area (Å²) in [6.45, 7) is 4.16. The topological polar surface area (TPSA) is 111 Å². The number of esters is 2. The van der Waals surface area contributed by atoms with E-state index in [-0.39, 0.29) is 32.0 Å². The first-order chi connectivity index (χ1) is 32.5. The quantitative estimate of drug-likeness (QED) is 0.0195. The number of allylic oxidation sites excluding steroid dienone is 8. The molecule has 0 aromatic carbocycles. The summed E-state index contributed by atoms with van der Waals surface area (Å²) in [6, 6.07) is 0. The van der Waals surface area contributed by atoms with Crippen LogP contribution in [0.5, 0.6) is 0 Å². The van der Waals surface area contributed by atoms with Gasteiger partial charge in [-0.1, -0.05) is 236 Å². The second-order valence-corrected chi connectivity index (χ2v) is 21.3. The van der Waals surface area contributed by atoms with Gasteiger partial charge in [-0.2, -0.15) is 0 Å². The summed E-state index contributed by atoms with van der Waals surface area (Å²) in [5, 5.41) is 0. The van der Waals surface area contributed by atoms with Crippen molar-refractivity contribution in [2.75, 3.05) is 47.5 Å². The largest absolute Gasteiger partial charge is 0.756 e. The molecule has 67 heavy (non-hydrogen) atoms. The Balaban J connectivity index is 4.13. The van der Waals surface area contributed by atoms with Crippen molar-refractivity contribution in [3.05, 3.63) is 48.6 Å². The Morgan fingerprint density at radius 3 is 1.27 bits per heavy atom. The van der Waals surface area contributed by atoms with E-state index in [0.717, 1.165) is 64.2 Å². The molecule has 0 spiro atoms. The number of phosphoric acid groups is 1. The molecule has 0 aromatic rings. The molecular weight excluding hydrogens is 858 g/mol. The number of unbranched alkanes of at least 4 members (excludes halogenated alkanes) is 29. The van der Waals surface area contributed by atoms with E-state index in [1.807, 2.05) is 21.1 Å². The fourth-order valence-electron chi connectivity index (χ4n) is 7.83. The lowest BCUT2D eigenvalue weighted by Gasteiger charge is -2.28. The number of rotatable bonds is 51. The number of quaternary nitrogens is 1. The van der Waals surface area contributed by atoms with Crippen LogP contribution >= 0.6 is 7.82 Å². The molecule has 0 radical (unpaired) electrons. The highest BCUT2D eigenvalue weighted by Crippen LogP contribution is 2.38. The van der Waals surface area contributed by atoms with Crippen molar-refractivity contribution in [3.8, 4) is 0 Å². The van der Waals surface area contributed by atoms with Crippen LogP contribution in [0.2, 0.25) is 0 Å². The standard InChI is InChI=1S/C57H106NO8P/c1-6-8-10-12-14-16-18-20-22-24-25-26-27-28-29-30-31-32-33-34-36-38-40-42-44-46-48-50-57(60)66-55(54-65-67(61,62)64-52-51-58(3,4)5)53-63-56(59)49-47-45-43-41-39-37-35-23-21-19-17-15-13-11-9-7-2/h8,10,14,16,20,22,25-26,55H,6-7,9,11-13,15,17-19,21,23-24,27-54H2,1-5H3/b10-8-,16-14-,22-20-,26-25-. The zero-order chi connectivity index (χ0) is 49.2. The smallest absolute Gasteiger partial charge is 0.306 e. The van der Waals surface area contributed by atoms with Gasteiger partial charge in [0.05, 0.1) is 27.7 Å². The van der Waals surface area contributed by atoms with E-state index in [4.69, 9.17) is 18.5 Å².